The van der Waals surface area contributed by atoms with Crippen molar-refractivity contribution in [3.05, 3.63) is 0 Å². The van der Waals surface area contributed by atoms with Gasteiger partial charge in [-0.3, -0.25) is 0 Å². The number of rotatable bonds is 5. The molecule has 0 amide bonds. The summed E-state index contributed by atoms with van der Waals surface area (Å²) in [5.74, 6) is 1.04. The van der Waals surface area contributed by atoms with Crippen molar-refractivity contribution in [3.63, 3.8) is 0 Å². The van der Waals surface area contributed by atoms with Crippen LogP contribution in [-0.2, 0) is 0 Å². The zero-order valence-electron chi connectivity index (χ0n) is 9.77. The number of nitrogens with zero attached hydrogens (tertiary/aromatic N) is 1. The van der Waals surface area contributed by atoms with Gasteiger partial charge in [0.1, 0.15) is 0 Å². The molecule has 0 aliphatic heterocycles. The molecule has 1 nitrogen and oxygen atoms in total. The van der Waals surface area contributed by atoms with Gasteiger partial charge in [-0.1, -0.05) is 27.7 Å². The van der Waals surface area contributed by atoms with Crippen LogP contribution < -0.4 is 0 Å². The number of hydrogen-bond donors (Lipinski definition) is 0. The first kappa shape index (κ1) is 11.0. The van der Waals surface area contributed by atoms with Crippen molar-refractivity contribution in [1.82, 2.24) is 4.90 Å². The molecule has 0 N–H and O–H groups in total. The summed E-state index contributed by atoms with van der Waals surface area (Å²) in [6.45, 7) is 13.1. The summed E-state index contributed by atoms with van der Waals surface area (Å²) in [6, 6.07) is 0. The summed E-state index contributed by atoms with van der Waals surface area (Å²) in [5, 5.41) is 0. The molecular weight excluding hydrogens is 158 g/mol. The van der Waals surface area contributed by atoms with Gasteiger partial charge in [0.25, 0.3) is 0 Å². The van der Waals surface area contributed by atoms with Gasteiger partial charge in [0, 0.05) is 6.54 Å². The van der Waals surface area contributed by atoms with Crippen LogP contribution in [0, 0.1) is 11.3 Å². The average Bonchev–Trinajstić information content (AvgIpc) is 2.79. The molecule has 0 spiro atoms. The normalized spacial score (nSPS) is 18.2. The van der Waals surface area contributed by atoms with Crippen molar-refractivity contribution in [2.24, 2.45) is 11.3 Å². The summed E-state index contributed by atoms with van der Waals surface area (Å²) in [7, 11) is 0. The quantitative estimate of drug-likeness (QED) is 0.633. The van der Waals surface area contributed by atoms with Crippen LogP contribution in [0.3, 0.4) is 0 Å². The molecule has 0 heterocycles. The van der Waals surface area contributed by atoms with Gasteiger partial charge in [-0.05, 0) is 43.7 Å². The van der Waals surface area contributed by atoms with E-state index in [-0.39, 0.29) is 0 Å². The van der Waals surface area contributed by atoms with E-state index in [1.54, 1.807) is 0 Å². The minimum Gasteiger partial charge on any atom is -0.303 e. The third-order valence-corrected chi connectivity index (χ3v) is 2.84. The largest absolute Gasteiger partial charge is 0.303 e. The average molecular weight is 183 g/mol. The SMILES string of the molecule is CCN(CCC(C)(C)C)CC1CC1. The maximum atomic E-state index is 2.61. The first-order valence-electron chi connectivity index (χ1n) is 5.73. The van der Waals surface area contributed by atoms with Gasteiger partial charge in [-0.15, -0.1) is 0 Å². The second-order valence-electron chi connectivity index (χ2n) is 5.65. The molecule has 1 heteroatoms. The van der Waals surface area contributed by atoms with Crippen molar-refractivity contribution in [2.75, 3.05) is 19.6 Å². The van der Waals surface area contributed by atoms with Crippen LogP contribution in [0.15, 0.2) is 0 Å². The molecule has 0 radical (unpaired) electrons. The van der Waals surface area contributed by atoms with Gasteiger partial charge in [0.05, 0.1) is 0 Å². The Morgan fingerprint density at radius 3 is 2.23 bits per heavy atom. The van der Waals surface area contributed by atoms with Crippen LogP contribution in [-0.4, -0.2) is 24.5 Å². The van der Waals surface area contributed by atoms with Crippen molar-refractivity contribution in [1.29, 1.82) is 0 Å². The van der Waals surface area contributed by atoms with Crippen LogP contribution in [0.4, 0.5) is 0 Å². The van der Waals surface area contributed by atoms with Gasteiger partial charge in [-0.25, -0.2) is 0 Å². The van der Waals surface area contributed by atoms with Gasteiger partial charge in [-0.2, -0.15) is 0 Å². The van der Waals surface area contributed by atoms with Gasteiger partial charge in [0.2, 0.25) is 0 Å². The second-order valence-corrected chi connectivity index (χ2v) is 5.65. The molecule has 0 atom stereocenters. The summed E-state index contributed by atoms with van der Waals surface area (Å²) in [4.78, 5) is 2.61. The molecule has 1 aliphatic carbocycles. The minimum absolute atomic E-state index is 0.497. The Hall–Kier alpha value is -0.0400. The highest BCUT2D eigenvalue weighted by Crippen LogP contribution is 2.30. The molecule has 0 bridgehead atoms. The lowest BCUT2D eigenvalue weighted by Crippen LogP contribution is -2.29. The monoisotopic (exact) mass is 183 g/mol. The summed E-state index contributed by atoms with van der Waals surface area (Å²) < 4.78 is 0. The van der Waals surface area contributed by atoms with E-state index in [9.17, 15) is 0 Å². The predicted molar refractivity (Wildman–Crippen MR) is 58.9 cm³/mol. The molecule has 0 aromatic heterocycles. The van der Waals surface area contributed by atoms with Gasteiger partial charge in [0.15, 0.2) is 0 Å². The van der Waals surface area contributed by atoms with E-state index < -0.39 is 0 Å². The summed E-state index contributed by atoms with van der Waals surface area (Å²) in [5.41, 5.74) is 0.497. The fourth-order valence-electron chi connectivity index (χ4n) is 1.54. The third-order valence-electron chi connectivity index (χ3n) is 2.84. The Morgan fingerprint density at radius 2 is 1.85 bits per heavy atom. The molecule has 78 valence electrons. The standard InChI is InChI=1S/C12H25N/c1-5-13(10-11-6-7-11)9-8-12(2,3)4/h11H,5-10H2,1-4H3. The van der Waals surface area contributed by atoms with E-state index in [0.29, 0.717) is 5.41 Å². The molecule has 0 saturated heterocycles. The Morgan fingerprint density at radius 1 is 1.23 bits per heavy atom. The van der Waals surface area contributed by atoms with E-state index in [4.69, 9.17) is 0 Å². The Bertz CT molecular complexity index is 142. The summed E-state index contributed by atoms with van der Waals surface area (Å²) >= 11 is 0. The Labute approximate surface area is 83.5 Å². The lowest BCUT2D eigenvalue weighted by atomic mass is 9.92. The zero-order valence-corrected chi connectivity index (χ0v) is 9.77. The van der Waals surface area contributed by atoms with Crippen LogP contribution in [0.1, 0.15) is 47.0 Å². The molecular formula is C12H25N. The zero-order chi connectivity index (χ0) is 9.90. The van der Waals surface area contributed by atoms with Crippen LogP contribution in [0.25, 0.3) is 0 Å². The second kappa shape index (κ2) is 4.45. The molecule has 1 saturated carbocycles. The molecule has 13 heavy (non-hydrogen) atoms. The highest BCUT2D eigenvalue weighted by atomic mass is 15.1. The molecule has 0 aromatic carbocycles. The third kappa shape index (κ3) is 5.30. The molecule has 1 fully saturated rings. The maximum absolute atomic E-state index is 2.61. The van der Waals surface area contributed by atoms with Crippen molar-refractivity contribution in [3.8, 4) is 0 Å². The Kier molecular flexibility index (Phi) is 3.78. The van der Waals surface area contributed by atoms with Crippen molar-refractivity contribution < 1.29 is 0 Å². The topological polar surface area (TPSA) is 3.24 Å². The smallest absolute Gasteiger partial charge is 0.000955 e. The molecule has 0 aromatic rings. The maximum Gasteiger partial charge on any atom is 0.000955 e. The van der Waals surface area contributed by atoms with Crippen molar-refractivity contribution >= 4 is 0 Å². The Balaban J connectivity index is 2.14. The highest BCUT2D eigenvalue weighted by Gasteiger charge is 2.24. The van der Waals surface area contributed by atoms with E-state index in [0.717, 1.165) is 5.92 Å². The first-order valence-corrected chi connectivity index (χ1v) is 5.73. The van der Waals surface area contributed by atoms with Crippen molar-refractivity contribution in [2.45, 2.75) is 47.0 Å². The molecule has 0 unspecified atom stereocenters. The van der Waals surface area contributed by atoms with Crippen LogP contribution >= 0.6 is 0 Å². The fourth-order valence-corrected chi connectivity index (χ4v) is 1.54. The van der Waals surface area contributed by atoms with E-state index in [1.807, 2.05) is 0 Å². The summed E-state index contributed by atoms with van der Waals surface area (Å²) in [6.07, 6.45) is 4.28. The first-order chi connectivity index (χ1) is 6.01. The van der Waals surface area contributed by atoms with Crippen LogP contribution in [0.5, 0.6) is 0 Å². The van der Waals surface area contributed by atoms with E-state index in [1.165, 1.54) is 38.9 Å². The van der Waals surface area contributed by atoms with E-state index >= 15 is 0 Å². The molecule has 1 rings (SSSR count). The van der Waals surface area contributed by atoms with Gasteiger partial charge >= 0.3 is 0 Å². The van der Waals surface area contributed by atoms with Gasteiger partial charge < -0.3 is 4.90 Å². The van der Waals surface area contributed by atoms with E-state index in [2.05, 4.69) is 32.6 Å². The predicted octanol–water partition coefficient (Wildman–Crippen LogP) is 3.15. The minimum atomic E-state index is 0.497. The van der Waals surface area contributed by atoms with Crippen LogP contribution in [0.2, 0.25) is 0 Å². The molecule has 1 aliphatic rings. The lowest BCUT2D eigenvalue weighted by molar-refractivity contribution is 0.229. The highest BCUT2D eigenvalue weighted by molar-refractivity contribution is 4.77. The lowest BCUT2D eigenvalue weighted by Gasteiger charge is -2.25. The fraction of sp³-hybridized carbons (Fsp3) is 1.00. The number of hydrogen-bond acceptors (Lipinski definition) is 1.